The molecular formula is C9H15N3OS. The monoisotopic (exact) mass is 213 g/mol. The van der Waals surface area contributed by atoms with Crippen molar-refractivity contribution >= 4 is 18.0 Å². The lowest BCUT2D eigenvalue weighted by molar-refractivity contribution is 0.294. The molecule has 0 saturated carbocycles. The largest absolute Gasteiger partial charge is 0.478 e. The Morgan fingerprint density at radius 3 is 3.00 bits per heavy atom. The summed E-state index contributed by atoms with van der Waals surface area (Å²) in [6.45, 7) is 2.81. The lowest BCUT2D eigenvalue weighted by Crippen LogP contribution is -2.01. The number of nitrogen functional groups attached to an aromatic ring is 1. The van der Waals surface area contributed by atoms with Gasteiger partial charge in [0.1, 0.15) is 5.82 Å². The molecule has 0 atom stereocenters. The van der Waals surface area contributed by atoms with Crippen molar-refractivity contribution in [2.45, 2.75) is 26.2 Å². The second kappa shape index (κ2) is 5.59. The number of nitrogens with zero attached hydrogens (tertiary/aromatic N) is 1. The van der Waals surface area contributed by atoms with Crippen LogP contribution in [0.15, 0.2) is 6.07 Å². The molecule has 0 fully saturated rings. The molecule has 0 aliphatic rings. The van der Waals surface area contributed by atoms with Crippen LogP contribution in [0.1, 0.15) is 26.2 Å². The van der Waals surface area contributed by atoms with Gasteiger partial charge in [-0.05, 0) is 18.6 Å². The molecule has 0 bridgehead atoms. The third-order valence-corrected chi connectivity index (χ3v) is 1.93. The first-order valence-electron chi connectivity index (χ1n) is 4.72. The molecule has 0 amide bonds. The fourth-order valence-corrected chi connectivity index (χ4v) is 1.26. The second-order valence-corrected chi connectivity index (χ2v) is 3.42. The second-order valence-electron chi connectivity index (χ2n) is 3.04. The highest BCUT2D eigenvalue weighted by molar-refractivity contribution is 7.71. The van der Waals surface area contributed by atoms with E-state index in [9.17, 15) is 0 Å². The van der Waals surface area contributed by atoms with Crippen molar-refractivity contribution in [1.82, 2.24) is 9.97 Å². The Balaban J connectivity index is 2.46. The Hall–Kier alpha value is -1.10. The average molecular weight is 213 g/mol. The highest BCUT2D eigenvalue weighted by Gasteiger charge is 1.96. The smallest absolute Gasteiger partial charge is 0.219 e. The summed E-state index contributed by atoms with van der Waals surface area (Å²) in [4.78, 5) is 6.70. The number of hydrogen-bond donors (Lipinski definition) is 2. The number of hydrogen-bond acceptors (Lipinski definition) is 4. The van der Waals surface area contributed by atoms with Crippen LogP contribution >= 0.6 is 12.2 Å². The fraction of sp³-hybridized carbons (Fsp3) is 0.556. The van der Waals surface area contributed by atoms with E-state index >= 15 is 0 Å². The maximum atomic E-state index is 5.55. The summed E-state index contributed by atoms with van der Waals surface area (Å²) in [7, 11) is 0. The maximum Gasteiger partial charge on any atom is 0.219 e. The molecule has 4 nitrogen and oxygen atoms in total. The zero-order chi connectivity index (χ0) is 10.4. The van der Waals surface area contributed by atoms with E-state index in [0.717, 1.165) is 12.8 Å². The number of aromatic amines is 1. The summed E-state index contributed by atoms with van der Waals surface area (Å²) in [6.07, 6.45) is 3.37. The lowest BCUT2D eigenvalue weighted by Gasteiger charge is -2.04. The molecule has 1 heterocycles. The molecular weight excluding hydrogens is 198 g/mol. The Morgan fingerprint density at radius 1 is 1.57 bits per heavy atom. The summed E-state index contributed by atoms with van der Waals surface area (Å²) in [6, 6.07) is 1.64. The molecule has 1 aromatic heterocycles. The predicted molar refractivity (Wildman–Crippen MR) is 58.9 cm³/mol. The molecule has 3 N–H and O–H groups in total. The van der Waals surface area contributed by atoms with E-state index in [1.807, 2.05) is 0 Å². The summed E-state index contributed by atoms with van der Waals surface area (Å²) < 4.78 is 5.75. The zero-order valence-corrected chi connectivity index (χ0v) is 9.06. The van der Waals surface area contributed by atoms with Gasteiger partial charge < -0.3 is 15.5 Å². The van der Waals surface area contributed by atoms with Crippen LogP contribution in [0.25, 0.3) is 0 Å². The molecule has 0 radical (unpaired) electrons. The van der Waals surface area contributed by atoms with Gasteiger partial charge in [-0.3, -0.25) is 0 Å². The number of aromatic nitrogens is 2. The third kappa shape index (κ3) is 3.74. The van der Waals surface area contributed by atoms with E-state index in [-0.39, 0.29) is 0 Å². The third-order valence-electron chi connectivity index (χ3n) is 1.74. The van der Waals surface area contributed by atoms with E-state index < -0.39 is 0 Å². The quantitative estimate of drug-likeness (QED) is 0.582. The van der Waals surface area contributed by atoms with Gasteiger partial charge in [0.05, 0.1) is 6.61 Å². The molecule has 0 saturated heterocycles. The number of nitrogens with one attached hydrogen (secondary N) is 1. The van der Waals surface area contributed by atoms with Gasteiger partial charge in [-0.2, -0.15) is 4.98 Å². The predicted octanol–water partition coefficient (Wildman–Crippen LogP) is 2.29. The van der Waals surface area contributed by atoms with Crippen molar-refractivity contribution in [3.63, 3.8) is 0 Å². The Kier molecular flexibility index (Phi) is 4.39. The van der Waals surface area contributed by atoms with E-state index in [1.54, 1.807) is 6.07 Å². The number of H-pyrrole nitrogens is 1. The SMILES string of the molecule is CCCCCOc1cc(N)[nH]c(=S)n1. The van der Waals surface area contributed by atoms with Crippen molar-refractivity contribution < 1.29 is 4.74 Å². The maximum absolute atomic E-state index is 5.55. The summed E-state index contributed by atoms with van der Waals surface area (Å²) in [5.41, 5.74) is 5.55. The van der Waals surface area contributed by atoms with Gasteiger partial charge in [-0.1, -0.05) is 19.8 Å². The van der Waals surface area contributed by atoms with Crippen LogP contribution in [-0.2, 0) is 0 Å². The van der Waals surface area contributed by atoms with Gasteiger partial charge in [-0.25, -0.2) is 0 Å². The summed E-state index contributed by atoms with van der Waals surface area (Å²) >= 11 is 4.86. The van der Waals surface area contributed by atoms with Crippen molar-refractivity contribution in [3.05, 3.63) is 10.8 Å². The van der Waals surface area contributed by atoms with Crippen LogP contribution in [-0.4, -0.2) is 16.6 Å². The molecule has 0 unspecified atom stereocenters. The van der Waals surface area contributed by atoms with Crippen LogP contribution in [0.4, 0.5) is 5.82 Å². The lowest BCUT2D eigenvalue weighted by atomic mass is 10.3. The number of anilines is 1. The molecule has 78 valence electrons. The van der Waals surface area contributed by atoms with E-state index in [2.05, 4.69) is 16.9 Å². The molecule has 1 aromatic rings. The number of nitrogens with two attached hydrogens (primary N) is 1. The standard InChI is InChI=1S/C9H15N3OS/c1-2-3-4-5-13-8-6-7(10)11-9(14)12-8/h6H,2-5H2,1H3,(H3,10,11,12,14). The molecule has 0 spiro atoms. The molecule has 0 aliphatic heterocycles. The van der Waals surface area contributed by atoms with Crippen molar-refractivity contribution in [3.8, 4) is 5.88 Å². The highest BCUT2D eigenvalue weighted by atomic mass is 32.1. The van der Waals surface area contributed by atoms with Gasteiger partial charge in [0, 0.05) is 6.07 Å². The van der Waals surface area contributed by atoms with Gasteiger partial charge in [0.15, 0.2) is 0 Å². The number of rotatable bonds is 5. The van der Waals surface area contributed by atoms with Crippen LogP contribution in [0.3, 0.4) is 0 Å². The minimum Gasteiger partial charge on any atom is -0.478 e. The van der Waals surface area contributed by atoms with E-state index in [4.69, 9.17) is 22.7 Å². The Morgan fingerprint density at radius 2 is 2.36 bits per heavy atom. The first kappa shape index (κ1) is 11.0. The minimum atomic E-state index is 0.357. The van der Waals surface area contributed by atoms with Gasteiger partial charge >= 0.3 is 0 Å². The average Bonchev–Trinajstić information content (AvgIpc) is 2.11. The molecule has 0 aromatic carbocycles. The van der Waals surface area contributed by atoms with Crippen molar-refractivity contribution in [1.29, 1.82) is 0 Å². The topological polar surface area (TPSA) is 63.9 Å². The fourth-order valence-electron chi connectivity index (χ4n) is 1.06. The van der Waals surface area contributed by atoms with E-state index in [1.165, 1.54) is 6.42 Å². The molecule has 1 rings (SSSR count). The van der Waals surface area contributed by atoms with Gasteiger partial charge in [-0.15, -0.1) is 0 Å². The molecule has 5 heteroatoms. The van der Waals surface area contributed by atoms with Crippen molar-refractivity contribution in [2.24, 2.45) is 0 Å². The van der Waals surface area contributed by atoms with Crippen LogP contribution < -0.4 is 10.5 Å². The van der Waals surface area contributed by atoms with Crippen molar-refractivity contribution in [2.75, 3.05) is 12.3 Å². The number of ether oxygens (including phenoxy) is 1. The summed E-state index contributed by atoms with van der Waals surface area (Å²) in [5, 5.41) is 0. The normalized spacial score (nSPS) is 10.1. The minimum absolute atomic E-state index is 0.357. The van der Waals surface area contributed by atoms with Gasteiger partial charge in [0.2, 0.25) is 10.7 Å². The zero-order valence-electron chi connectivity index (χ0n) is 8.25. The summed E-state index contributed by atoms with van der Waals surface area (Å²) in [5.74, 6) is 0.984. The number of unbranched alkanes of at least 4 members (excludes halogenated alkanes) is 2. The van der Waals surface area contributed by atoms with Crippen LogP contribution in [0.2, 0.25) is 0 Å². The highest BCUT2D eigenvalue weighted by Crippen LogP contribution is 2.09. The Bertz CT molecular complexity index is 337. The van der Waals surface area contributed by atoms with Crippen LogP contribution in [0, 0.1) is 4.77 Å². The van der Waals surface area contributed by atoms with E-state index in [0.29, 0.717) is 23.1 Å². The first-order chi connectivity index (χ1) is 6.72. The van der Waals surface area contributed by atoms with Gasteiger partial charge in [0.25, 0.3) is 0 Å². The molecule has 14 heavy (non-hydrogen) atoms. The Labute approximate surface area is 88.5 Å². The van der Waals surface area contributed by atoms with Crippen LogP contribution in [0.5, 0.6) is 5.88 Å². The molecule has 0 aliphatic carbocycles. The first-order valence-corrected chi connectivity index (χ1v) is 5.13.